The lowest BCUT2D eigenvalue weighted by molar-refractivity contribution is 0.0566. The lowest BCUT2D eigenvalue weighted by atomic mass is 9.99. The largest absolute Gasteiger partial charge is 0.381 e. The lowest BCUT2D eigenvalue weighted by Gasteiger charge is -2.36. The predicted molar refractivity (Wildman–Crippen MR) is 176 cm³/mol. The molecule has 2 aliphatic heterocycles. The van der Waals surface area contributed by atoms with Crippen LogP contribution in [0.2, 0.25) is 0 Å². The van der Waals surface area contributed by atoms with E-state index in [2.05, 4.69) is 20.6 Å². The number of ether oxygens (including phenoxy) is 1. The van der Waals surface area contributed by atoms with Crippen LogP contribution in [0.15, 0.2) is 70.5 Å². The summed E-state index contributed by atoms with van der Waals surface area (Å²) >= 11 is 0. The number of nitrogens with two attached hydrogens (primary N) is 1. The van der Waals surface area contributed by atoms with Gasteiger partial charge in [0.05, 0.1) is 10.6 Å². The van der Waals surface area contributed by atoms with Gasteiger partial charge in [0.15, 0.2) is 0 Å². The number of piperidine rings is 1. The van der Waals surface area contributed by atoms with Crippen molar-refractivity contribution in [3.63, 3.8) is 0 Å². The average Bonchev–Trinajstić information content (AvgIpc) is 3.49. The van der Waals surface area contributed by atoms with Crippen molar-refractivity contribution in [2.45, 2.75) is 49.6 Å². The van der Waals surface area contributed by atoms with E-state index in [1.807, 2.05) is 42.5 Å². The molecule has 2 fully saturated rings. The molecular formula is C33H43N7O4S. The van der Waals surface area contributed by atoms with Gasteiger partial charge in [0.1, 0.15) is 5.65 Å². The smallest absolute Gasteiger partial charge is 0.354 e. The fourth-order valence-electron chi connectivity index (χ4n) is 6.22. The highest BCUT2D eigenvalue weighted by atomic mass is 32.2. The van der Waals surface area contributed by atoms with Crippen molar-refractivity contribution in [2.24, 2.45) is 11.7 Å². The summed E-state index contributed by atoms with van der Waals surface area (Å²) in [5.41, 5.74) is 9.08. The molecule has 1 unspecified atom stereocenters. The molecule has 4 heterocycles. The van der Waals surface area contributed by atoms with Gasteiger partial charge in [-0.3, -0.25) is 4.57 Å². The number of aromatic amines is 1. The zero-order valence-corrected chi connectivity index (χ0v) is 26.4. The number of nitrogens with one attached hydrogen (secondary N) is 3. The first kappa shape index (κ1) is 31.6. The summed E-state index contributed by atoms with van der Waals surface area (Å²) in [4.78, 5) is 20.7. The van der Waals surface area contributed by atoms with E-state index in [9.17, 15) is 13.2 Å². The van der Waals surface area contributed by atoms with Crippen LogP contribution in [0.3, 0.4) is 0 Å². The van der Waals surface area contributed by atoms with E-state index in [-0.39, 0.29) is 16.6 Å². The third-order valence-electron chi connectivity index (χ3n) is 8.84. The van der Waals surface area contributed by atoms with Gasteiger partial charge in [-0.05, 0) is 99.1 Å². The Balaban J connectivity index is 1.21. The van der Waals surface area contributed by atoms with Crippen molar-refractivity contribution in [3.05, 3.63) is 76.8 Å². The number of hydrogen-bond acceptors (Lipinski definition) is 8. The summed E-state index contributed by atoms with van der Waals surface area (Å²) in [7, 11) is -3.70. The van der Waals surface area contributed by atoms with E-state index in [1.54, 1.807) is 22.6 Å². The van der Waals surface area contributed by atoms with E-state index in [0.29, 0.717) is 44.4 Å². The molecule has 2 aliphatic rings. The number of hydrogen-bond donors (Lipinski definition) is 4. The van der Waals surface area contributed by atoms with Crippen molar-refractivity contribution >= 4 is 21.1 Å². The Morgan fingerprint density at radius 1 is 1.07 bits per heavy atom. The number of aromatic nitrogens is 3. The van der Waals surface area contributed by atoms with E-state index < -0.39 is 10.0 Å². The molecule has 240 valence electrons. The van der Waals surface area contributed by atoms with Gasteiger partial charge >= 0.3 is 5.69 Å². The average molecular weight is 634 g/mol. The fourth-order valence-corrected chi connectivity index (χ4v) is 7.95. The Kier molecular flexibility index (Phi) is 10.1. The van der Waals surface area contributed by atoms with Crippen molar-refractivity contribution in [2.75, 3.05) is 45.9 Å². The lowest BCUT2D eigenvalue weighted by Crippen LogP contribution is -2.50. The minimum atomic E-state index is -3.70. The third-order valence-corrected chi connectivity index (χ3v) is 10.8. The number of benzene rings is 2. The highest BCUT2D eigenvalue weighted by Crippen LogP contribution is 2.29. The Labute approximate surface area is 264 Å². The van der Waals surface area contributed by atoms with Gasteiger partial charge < -0.3 is 26.1 Å². The van der Waals surface area contributed by atoms with Gasteiger partial charge in [-0.1, -0.05) is 24.3 Å². The van der Waals surface area contributed by atoms with Crippen molar-refractivity contribution in [1.82, 2.24) is 29.5 Å². The minimum Gasteiger partial charge on any atom is -0.381 e. The maximum atomic E-state index is 14.0. The van der Waals surface area contributed by atoms with Crippen LogP contribution in [-0.4, -0.2) is 79.2 Å². The SMILES string of the molecule is NCCCNCc1ccc(-n2cc3cc(-c4ccc(S(=O)(=O)N(CC5CCOCC5)C5CCCNC5)cc4)[nH]c3nc2=O)cc1. The second kappa shape index (κ2) is 14.4. The number of H-pyrrole nitrogens is 1. The van der Waals surface area contributed by atoms with Crippen LogP contribution in [0.25, 0.3) is 28.0 Å². The van der Waals surface area contributed by atoms with E-state index in [4.69, 9.17) is 10.5 Å². The zero-order valence-electron chi connectivity index (χ0n) is 25.6. The molecule has 2 saturated heterocycles. The number of sulfonamides is 1. The van der Waals surface area contributed by atoms with Crippen molar-refractivity contribution < 1.29 is 13.2 Å². The first-order chi connectivity index (χ1) is 21.9. The molecular weight excluding hydrogens is 590 g/mol. The molecule has 12 heteroatoms. The van der Waals surface area contributed by atoms with Crippen molar-refractivity contribution in [3.8, 4) is 16.9 Å². The van der Waals surface area contributed by atoms with Crippen LogP contribution in [0, 0.1) is 5.92 Å². The van der Waals surface area contributed by atoms with Gasteiger partial charge in [0, 0.05) is 56.2 Å². The second-order valence-electron chi connectivity index (χ2n) is 12.0. The number of nitrogens with zero attached hydrogens (tertiary/aromatic N) is 3. The van der Waals surface area contributed by atoms with Gasteiger partial charge in [0.25, 0.3) is 0 Å². The summed E-state index contributed by atoms with van der Waals surface area (Å²) in [6.07, 6.45) is 6.28. The molecule has 45 heavy (non-hydrogen) atoms. The molecule has 0 bridgehead atoms. The topological polar surface area (TPSA) is 147 Å². The normalized spacial score (nSPS) is 18.1. The molecule has 6 rings (SSSR count). The van der Waals surface area contributed by atoms with Crippen LogP contribution in [0.5, 0.6) is 0 Å². The first-order valence-corrected chi connectivity index (χ1v) is 17.4. The summed E-state index contributed by atoms with van der Waals surface area (Å²) in [6, 6.07) is 16.7. The molecule has 4 aromatic rings. The van der Waals surface area contributed by atoms with Gasteiger partial charge in [-0.15, -0.1) is 0 Å². The molecule has 11 nitrogen and oxygen atoms in total. The van der Waals surface area contributed by atoms with Crippen LogP contribution in [0.1, 0.15) is 37.7 Å². The summed E-state index contributed by atoms with van der Waals surface area (Å²) in [5.74, 6) is 0.295. The van der Waals surface area contributed by atoms with E-state index in [1.165, 1.54) is 4.57 Å². The molecule has 2 aromatic heterocycles. The predicted octanol–water partition coefficient (Wildman–Crippen LogP) is 2.99. The van der Waals surface area contributed by atoms with Crippen molar-refractivity contribution in [1.29, 1.82) is 0 Å². The van der Waals surface area contributed by atoms with E-state index in [0.717, 1.165) is 79.6 Å². The Bertz CT molecular complexity index is 1720. The quantitative estimate of drug-likeness (QED) is 0.174. The van der Waals surface area contributed by atoms with Gasteiger partial charge in [-0.2, -0.15) is 9.29 Å². The molecule has 0 spiro atoms. The second-order valence-corrected chi connectivity index (χ2v) is 13.9. The van der Waals surface area contributed by atoms with Gasteiger partial charge in [0.2, 0.25) is 10.0 Å². The maximum absolute atomic E-state index is 14.0. The monoisotopic (exact) mass is 633 g/mol. The molecule has 0 amide bonds. The zero-order chi connectivity index (χ0) is 31.2. The third kappa shape index (κ3) is 7.37. The standard InChI is InChI=1S/C33H43N7O4S/c34-14-2-16-35-20-24-4-8-28(9-5-24)39-23-27-19-31(37-32(27)38-33(39)41)26-6-10-30(11-7-26)45(42,43)40(29-3-1-15-36-21-29)22-25-12-17-44-18-13-25/h4-11,19,23,25,29,35-36H,1-3,12-18,20-22,34H2,(H,37,38,41). The van der Waals surface area contributed by atoms with Crippen LogP contribution < -0.4 is 22.1 Å². The summed E-state index contributed by atoms with van der Waals surface area (Å²) in [6.45, 7) is 5.72. The van der Waals surface area contributed by atoms with Crippen LogP contribution in [-0.2, 0) is 21.3 Å². The van der Waals surface area contributed by atoms with Crippen LogP contribution in [0.4, 0.5) is 0 Å². The summed E-state index contributed by atoms with van der Waals surface area (Å²) in [5, 5.41) is 7.52. The first-order valence-electron chi connectivity index (χ1n) is 16.0. The fraction of sp³-hybridized carbons (Fsp3) is 0.455. The van der Waals surface area contributed by atoms with E-state index >= 15 is 0 Å². The molecule has 0 aliphatic carbocycles. The Hall–Kier alpha value is -3.39. The molecule has 5 N–H and O–H groups in total. The maximum Gasteiger partial charge on any atom is 0.354 e. The molecule has 2 aromatic carbocycles. The Morgan fingerprint density at radius 3 is 2.56 bits per heavy atom. The highest BCUT2D eigenvalue weighted by molar-refractivity contribution is 7.89. The number of fused-ring (bicyclic) bond motifs is 1. The number of rotatable bonds is 12. The van der Waals surface area contributed by atoms with Crippen LogP contribution >= 0.6 is 0 Å². The molecule has 1 atom stereocenters. The Morgan fingerprint density at radius 2 is 1.84 bits per heavy atom. The minimum absolute atomic E-state index is 0.0618. The summed E-state index contributed by atoms with van der Waals surface area (Å²) < 4.78 is 36.8. The van der Waals surface area contributed by atoms with Gasteiger partial charge in [-0.25, -0.2) is 13.2 Å². The molecule has 0 saturated carbocycles. The molecule has 0 radical (unpaired) electrons. The highest BCUT2D eigenvalue weighted by Gasteiger charge is 2.34.